The third-order valence-electron chi connectivity index (χ3n) is 4.23. The van der Waals surface area contributed by atoms with Gasteiger partial charge in [0, 0.05) is 5.56 Å². The molecule has 3 nitrogen and oxygen atoms in total. The van der Waals surface area contributed by atoms with E-state index in [1.54, 1.807) is 18.3 Å². The van der Waals surface area contributed by atoms with Crippen LogP contribution in [0, 0.1) is 0 Å². The smallest absolute Gasteiger partial charge is 0.267 e. The SMILES string of the molecule is O=C(N/N=C/c1ccc2c(c1)Cc1ccccc1-2)c1ccccc1. The van der Waals surface area contributed by atoms with E-state index in [1.807, 2.05) is 24.3 Å². The van der Waals surface area contributed by atoms with Gasteiger partial charge in [0.15, 0.2) is 0 Å². The largest absolute Gasteiger partial charge is 0.271 e. The van der Waals surface area contributed by atoms with Gasteiger partial charge >= 0.3 is 0 Å². The molecule has 4 rings (SSSR count). The van der Waals surface area contributed by atoms with Crippen molar-refractivity contribution in [3.05, 3.63) is 95.1 Å². The maximum Gasteiger partial charge on any atom is 0.271 e. The fraction of sp³-hybridized carbons (Fsp3) is 0.0476. The zero-order valence-electron chi connectivity index (χ0n) is 13.1. The summed E-state index contributed by atoms with van der Waals surface area (Å²) in [6.07, 6.45) is 2.63. The Bertz CT molecular complexity index is 930. The third-order valence-corrected chi connectivity index (χ3v) is 4.23. The van der Waals surface area contributed by atoms with Gasteiger partial charge in [0.1, 0.15) is 0 Å². The van der Waals surface area contributed by atoms with Crippen molar-refractivity contribution in [2.75, 3.05) is 0 Å². The number of nitrogens with one attached hydrogen (secondary N) is 1. The third kappa shape index (κ3) is 2.72. The Kier molecular flexibility index (Phi) is 3.67. The summed E-state index contributed by atoms with van der Waals surface area (Å²) in [4.78, 5) is 11.9. The molecule has 0 atom stereocenters. The number of fused-ring (bicyclic) bond motifs is 3. The number of rotatable bonds is 3. The van der Waals surface area contributed by atoms with Crippen LogP contribution in [-0.4, -0.2) is 12.1 Å². The molecule has 0 fully saturated rings. The Morgan fingerprint density at radius 2 is 1.62 bits per heavy atom. The summed E-state index contributed by atoms with van der Waals surface area (Å²) in [5, 5.41) is 4.07. The van der Waals surface area contributed by atoms with Crippen molar-refractivity contribution in [2.24, 2.45) is 5.10 Å². The molecule has 24 heavy (non-hydrogen) atoms. The molecule has 1 amide bonds. The zero-order chi connectivity index (χ0) is 16.4. The lowest BCUT2D eigenvalue weighted by molar-refractivity contribution is 0.0955. The van der Waals surface area contributed by atoms with Crippen LogP contribution in [0.1, 0.15) is 27.0 Å². The summed E-state index contributed by atoms with van der Waals surface area (Å²) in [5.74, 6) is -0.208. The number of hydrazone groups is 1. The standard InChI is InChI=1S/C21H16N2O/c24-21(16-6-2-1-3-7-16)23-22-14-15-10-11-20-18(12-15)13-17-8-4-5-9-19(17)20/h1-12,14H,13H2,(H,23,24)/b22-14+. The fourth-order valence-corrected chi connectivity index (χ4v) is 3.06. The summed E-state index contributed by atoms with van der Waals surface area (Å²) in [6.45, 7) is 0. The number of hydrogen-bond acceptors (Lipinski definition) is 2. The van der Waals surface area contributed by atoms with Crippen molar-refractivity contribution in [3.8, 4) is 11.1 Å². The second-order valence-electron chi connectivity index (χ2n) is 5.82. The van der Waals surface area contributed by atoms with Gasteiger partial charge in [-0.3, -0.25) is 4.79 Å². The first kappa shape index (κ1) is 14.4. The van der Waals surface area contributed by atoms with Crippen LogP contribution in [0.15, 0.2) is 77.9 Å². The van der Waals surface area contributed by atoms with Crippen molar-refractivity contribution in [1.82, 2.24) is 5.43 Å². The van der Waals surface area contributed by atoms with Crippen LogP contribution in [0.2, 0.25) is 0 Å². The van der Waals surface area contributed by atoms with Crippen LogP contribution in [0.3, 0.4) is 0 Å². The van der Waals surface area contributed by atoms with Gasteiger partial charge < -0.3 is 0 Å². The predicted molar refractivity (Wildman–Crippen MR) is 96.2 cm³/mol. The molecule has 1 aliphatic rings. The number of hydrogen-bond donors (Lipinski definition) is 1. The molecule has 0 bridgehead atoms. The van der Waals surface area contributed by atoms with Gasteiger partial charge in [0.2, 0.25) is 0 Å². The lowest BCUT2D eigenvalue weighted by atomic mass is 10.0. The zero-order valence-corrected chi connectivity index (χ0v) is 13.1. The Balaban J connectivity index is 1.49. The van der Waals surface area contributed by atoms with Crippen molar-refractivity contribution in [3.63, 3.8) is 0 Å². The summed E-state index contributed by atoms with van der Waals surface area (Å²) >= 11 is 0. The van der Waals surface area contributed by atoms with E-state index in [9.17, 15) is 4.79 Å². The minimum absolute atomic E-state index is 0.208. The van der Waals surface area contributed by atoms with E-state index in [-0.39, 0.29) is 5.91 Å². The fourth-order valence-electron chi connectivity index (χ4n) is 3.06. The molecule has 0 radical (unpaired) electrons. The summed E-state index contributed by atoms with van der Waals surface area (Å²) < 4.78 is 0. The Morgan fingerprint density at radius 1 is 0.875 bits per heavy atom. The average molecular weight is 312 g/mol. The number of carbonyl (C=O) groups excluding carboxylic acids is 1. The van der Waals surface area contributed by atoms with Crippen molar-refractivity contribution in [2.45, 2.75) is 6.42 Å². The molecule has 0 spiro atoms. The monoisotopic (exact) mass is 312 g/mol. The topological polar surface area (TPSA) is 41.5 Å². The highest BCUT2D eigenvalue weighted by Gasteiger charge is 2.17. The van der Waals surface area contributed by atoms with Crippen LogP contribution in [0.4, 0.5) is 0 Å². The van der Waals surface area contributed by atoms with Gasteiger partial charge in [-0.2, -0.15) is 5.10 Å². The lowest BCUT2D eigenvalue weighted by Gasteiger charge is -2.02. The highest BCUT2D eigenvalue weighted by Crippen LogP contribution is 2.36. The molecule has 3 heteroatoms. The number of amides is 1. The maximum absolute atomic E-state index is 11.9. The maximum atomic E-state index is 11.9. The summed E-state index contributed by atoms with van der Waals surface area (Å²) in [5.41, 5.74) is 9.40. The minimum Gasteiger partial charge on any atom is -0.267 e. The van der Waals surface area contributed by atoms with E-state index < -0.39 is 0 Å². The molecule has 0 saturated carbocycles. The van der Waals surface area contributed by atoms with Crippen molar-refractivity contribution in [1.29, 1.82) is 0 Å². The first-order valence-electron chi connectivity index (χ1n) is 7.91. The van der Waals surface area contributed by atoms with Crippen LogP contribution in [0.25, 0.3) is 11.1 Å². The molecular formula is C21H16N2O. The lowest BCUT2D eigenvalue weighted by Crippen LogP contribution is -2.17. The van der Waals surface area contributed by atoms with E-state index in [4.69, 9.17) is 0 Å². The average Bonchev–Trinajstić information content (AvgIpc) is 3.00. The first-order chi connectivity index (χ1) is 11.8. The quantitative estimate of drug-likeness (QED) is 0.450. The van der Waals surface area contributed by atoms with Gasteiger partial charge in [-0.1, -0.05) is 54.6 Å². The molecule has 3 aromatic carbocycles. The summed E-state index contributed by atoms with van der Waals surface area (Å²) in [6, 6.07) is 23.8. The van der Waals surface area contributed by atoms with E-state index in [0.717, 1.165) is 12.0 Å². The van der Waals surface area contributed by atoms with Gasteiger partial charge in [-0.15, -0.1) is 0 Å². The predicted octanol–water partition coefficient (Wildman–Crippen LogP) is 4.02. The second kappa shape index (κ2) is 6.13. The Hall–Kier alpha value is -3.20. The van der Waals surface area contributed by atoms with Crippen molar-refractivity contribution < 1.29 is 4.79 Å². The van der Waals surface area contributed by atoms with Gasteiger partial charge in [-0.25, -0.2) is 5.43 Å². The molecule has 1 N–H and O–H groups in total. The molecule has 0 heterocycles. The molecule has 116 valence electrons. The van der Waals surface area contributed by atoms with E-state index in [0.29, 0.717) is 5.56 Å². The van der Waals surface area contributed by atoms with Gasteiger partial charge in [0.25, 0.3) is 5.91 Å². The molecular weight excluding hydrogens is 296 g/mol. The molecule has 0 unspecified atom stereocenters. The van der Waals surface area contributed by atoms with Crippen LogP contribution >= 0.6 is 0 Å². The second-order valence-corrected chi connectivity index (χ2v) is 5.82. The highest BCUT2D eigenvalue weighted by molar-refractivity contribution is 5.95. The van der Waals surface area contributed by atoms with Gasteiger partial charge in [-0.05, 0) is 52.4 Å². The van der Waals surface area contributed by atoms with Crippen LogP contribution < -0.4 is 5.43 Å². The van der Waals surface area contributed by atoms with E-state index in [2.05, 4.69) is 46.9 Å². The van der Waals surface area contributed by atoms with Crippen LogP contribution in [-0.2, 0) is 6.42 Å². The van der Waals surface area contributed by atoms with E-state index in [1.165, 1.54) is 22.3 Å². The molecule has 1 aliphatic carbocycles. The van der Waals surface area contributed by atoms with Crippen molar-refractivity contribution >= 4 is 12.1 Å². The Morgan fingerprint density at radius 3 is 2.50 bits per heavy atom. The van der Waals surface area contributed by atoms with E-state index >= 15 is 0 Å². The first-order valence-corrected chi connectivity index (χ1v) is 7.91. The molecule has 0 aromatic heterocycles. The minimum atomic E-state index is -0.208. The van der Waals surface area contributed by atoms with Crippen LogP contribution in [0.5, 0.6) is 0 Å². The van der Waals surface area contributed by atoms with Gasteiger partial charge in [0.05, 0.1) is 6.21 Å². The number of nitrogens with zero attached hydrogens (tertiary/aromatic N) is 1. The summed E-state index contributed by atoms with van der Waals surface area (Å²) in [7, 11) is 0. The highest BCUT2D eigenvalue weighted by atomic mass is 16.2. The molecule has 0 saturated heterocycles. The number of carbonyl (C=O) groups is 1. The molecule has 0 aliphatic heterocycles. The normalized spacial score (nSPS) is 12.0. The number of benzene rings is 3. The Labute approximate surface area is 140 Å². The molecule has 3 aromatic rings.